The van der Waals surface area contributed by atoms with Gasteiger partial charge >= 0.3 is 11.9 Å². The predicted molar refractivity (Wildman–Crippen MR) is 125 cm³/mol. The summed E-state index contributed by atoms with van der Waals surface area (Å²) in [5.74, 6) is -1.74. The molecule has 32 heavy (non-hydrogen) atoms. The maximum atomic E-state index is 11.0. The van der Waals surface area contributed by atoms with Gasteiger partial charge in [-0.25, -0.2) is 9.59 Å². The zero-order valence-electron chi connectivity index (χ0n) is 17.5. The van der Waals surface area contributed by atoms with Crippen LogP contribution in [0.1, 0.15) is 43.0 Å². The third-order valence-corrected chi connectivity index (χ3v) is 4.97. The molecule has 4 rings (SSSR count). The Morgan fingerprint density at radius 2 is 0.781 bits per heavy atom. The number of carbonyl (C=O) groups is 2. The van der Waals surface area contributed by atoms with E-state index in [1.807, 2.05) is 84.9 Å². The third-order valence-electron chi connectivity index (χ3n) is 4.97. The lowest BCUT2D eigenvalue weighted by Gasteiger charge is -2.05. The minimum Gasteiger partial charge on any atom is -0.478 e. The largest absolute Gasteiger partial charge is 0.478 e. The molecule has 0 heterocycles. The summed E-state index contributed by atoms with van der Waals surface area (Å²) in [7, 11) is 0. The molecule has 0 unspecified atom stereocenters. The highest BCUT2D eigenvalue weighted by atomic mass is 16.4. The first kappa shape index (κ1) is 22.5. The Morgan fingerprint density at radius 1 is 0.469 bits per heavy atom. The SMILES string of the molecule is O=C(O)c1ccccc1Cc1ccccc1.O=C(O)c1ccccc1Cc1ccccc1. The van der Waals surface area contributed by atoms with Crippen LogP contribution in [-0.2, 0) is 12.8 Å². The number of carboxylic acids is 2. The van der Waals surface area contributed by atoms with Gasteiger partial charge in [0.05, 0.1) is 11.1 Å². The Balaban J connectivity index is 0.000000181. The summed E-state index contributed by atoms with van der Waals surface area (Å²) in [5, 5.41) is 18.1. The molecule has 0 saturated carbocycles. The molecule has 4 nitrogen and oxygen atoms in total. The summed E-state index contributed by atoms with van der Waals surface area (Å²) < 4.78 is 0. The smallest absolute Gasteiger partial charge is 0.335 e. The molecule has 4 aromatic rings. The van der Waals surface area contributed by atoms with Crippen LogP contribution < -0.4 is 0 Å². The first-order valence-electron chi connectivity index (χ1n) is 10.2. The van der Waals surface area contributed by atoms with Crippen LogP contribution in [0.4, 0.5) is 0 Å². The Bertz CT molecular complexity index is 1070. The van der Waals surface area contributed by atoms with E-state index in [2.05, 4.69) is 0 Å². The summed E-state index contributed by atoms with van der Waals surface area (Å²) in [4.78, 5) is 22.0. The van der Waals surface area contributed by atoms with Crippen molar-refractivity contribution in [1.82, 2.24) is 0 Å². The fourth-order valence-electron chi connectivity index (χ4n) is 3.40. The van der Waals surface area contributed by atoms with Crippen LogP contribution in [0.15, 0.2) is 109 Å². The summed E-state index contributed by atoms with van der Waals surface area (Å²) in [6, 6.07) is 33.9. The Kier molecular flexibility index (Phi) is 7.93. The summed E-state index contributed by atoms with van der Waals surface area (Å²) >= 11 is 0. The second-order valence-corrected chi connectivity index (χ2v) is 7.25. The highest BCUT2D eigenvalue weighted by Gasteiger charge is 2.09. The van der Waals surface area contributed by atoms with Gasteiger partial charge in [-0.15, -0.1) is 0 Å². The van der Waals surface area contributed by atoms with E-state index in [-0.39, 0.29) is 0 Å². The van der Waals surface area contributed by atoms with Gasteiger partial charge in [0.2, 0.25) is 0 Å². The number of hydrogen-bond acceptors (Lipinski definition) is 2. The van der Waals surface area contributed by atoms with Gasteiger partial charge < -0.3 is 10.2 Å². The normalized spacial score (nSPS) is 10.0. The molecule has 2 N–H and O–H groups in total. The van der Waals surface area contributed by atoms with E-state index in [1.165, 1.54) is 0 Å². The van der Waals surface area contributed by atoms with Gasteiger partial charge in [0.1, 0.15) is 0 Å². The molecule has 0 aliphatic rings. The fourth-order valence-corrected chi connectivity index (χ4v) is 3.40. The predicted octanol–water partition coefficient (Wildman–Crippen LogP) is 5.95. The van der Waals surface area contributed by atoms with Gasteiger partial charge in [0, 0.05) is 0 Å². The monoisotopic (exact) mass is 424 g/mol. The number of benzene rings is 4. The standard InChI is InChI=1S/2C14H12O2/c2*15-14(16)13-9-5-4-8-12(13)10-11-6-2-1-3-7-11/h2*1-9H,10H2,(H,15,16). The van der Waals surface area contributed by atoms with Crippen molar-refractivity contribution in [1.29, 1.82) is 0 Å². The second-order valence-electron chi connectivity index (χ2n) is 7.25. The lowest BCUT2D eigenvalue weighted by atomic mass is 10.00. The molecule has 0 spiro atoms. The number of carboxylic acid groups (broad SMARTS) is 2. The molecule has 0 fully saturated rings. The topological polar surface area (TPSA) is 74.6 Å². The Labute approximate surface area is 187 Å². The van der Waals surface area contributed by atoms with E-state index in [0.717, 1.165) is 22.3 Å². The van der Waals surface area contributed by atoms with Crippen LogP contribution in [0.25, 0.3) is 0 Å². The van der Waals surface area contributed by atoms with Crippen molar-refractivity contribution in [2.24, 2.45) is 0 Å². The molecule has 160 valence electrons. The van der Waals surface area contributed by atoms with Crippen LogP contribution in [0.2, 0.25) is 0 Å². The number of hydrogen-bond donors (Lipinski definition) is 2. The molecule has 0 saturated heterocycles. The lowest BCUT2D eigenvalue weighted by Crippen LogP contribution is -2.02. The maximum absolute atomic E-state index is 11.0. The van der Waals surface area contributed by atoms with Gasteiger partial charge in [0.15, 0.2) is 0 Å². The first-order valence-corrected chi connectivity index (χ1v) is 10.2. The van der Waals surface area contributed by atoms with Crippen molar-refractivity contribution < 1.29 is 19.8 Å². The molecule has 0 aromatic heterocycles. The fraction of sp³-hybridized carbons (Fsp3) is 0.0714. The molecule has 0 amide bonds. The van der Waals surface area contributed by atoms with Crippen LogP contribution >= 0.6 is 0 Å². The third kappa shape index (κ3) is 6.41. The first-order chi connectivity index (χ1) is 15.5. The molecule has 4 aromatic carbocycles. The molecule has 0 aliphatic carbocycles. The van der Waals surface area contributed by atoms with Crippen molar-refractivity contribution >= 4 is 11.9 Å². The molecule has 0 bridgehead atoms. The van der Waals surface area contributed by atoms with Gasteiger partial charge in [-0.1, -0.05) is 97.1 Å². The summed E-state index contributed by atoms with van der Waals surface area (Å²) in [6.45, 7) is 0. The van der Waals surface area contributed by atoms with Crippen molar-refractivity contribution in [2.75, 3.05) is 0 Å². The Hall–Kier alpha value is -4.18. The average Bonchev–Trinajstić information content (AvgIpc) is 2.81. The summed E-state index contributed by atoms with van der Waals surface area (Å²) in [5.41, 5.74) is 4.70. The van der Waals surface area contributed by atoms with E-state index in [4.69, 9.17) is 10.2 Å². The van der Waals surface area contributed by atoms with Gasteiger partial charge in [-0.3, -0.25) is 0 Å². The van der Waals surface area contributed by atoms with Crippen molar-refractivity contribution in [3.05, 3.63) is 143 Å². The molecular formula is C28H24O4. The number of aromatic carboxylic acids is 2. The molecule has 0 aliphatic heterocycles. The van der Waals surface area contributed by atoms with Gasteiger partial charge in [0.25, 0.3) is 0 Å². The molecule has 0 radical (unpaired) electrons. The van der Waals surface area contributed by atoms with Gasteiger partial charge in [-0.2, -0.15) is 0 Å². The molecular weight excluding hydrogens is 400 g/mol. The van der Waals surface area contributed by atoms with Crippen LogP contribution in [0.5, 0.6) is 0 Å². The lowest BCUT2D eigenvalue weighted by molar-refractivity contribution is 0.0685. The minimum atomic E-state index is -0.869. The zero-order chi connectivity index (χ0) is 22.8. The van der Waals surface area contributed by atoms with E-state index in [0.29, 0.717) is 24.0 Å². The molecule has 4 heteroatoms. The van der Waals surface area contributed by atoms with Crippen molar-refractivity contribution in [3.63, 3.8) is 0 Å². The number of rotatable bonds is 6. The van der Waals surface area contributed by atoms with Crippen molar-refractivity contribution in [3.8, 4) is 0 Å². The molecule has 0 atom stereocenters. The van der Waals surface area contributed by atoms with Crippen LogP contribution in [0.3, 0.4) is 0 Å². The minimum absolute atomic E-state index is 0.381. The second kappa shape index (κ2) is 11.3. The van der Waals surface area contributed by atoms with Gasteiger partial charge in [-0.05, 0) is 47.2 Å². The maximum Gasteiger partial charge on any atom is 0.335 e. The summed E-state index contributed by atoms with van der Waals surface area (Å²) in [6.07, 6.45) is 1.31. The quantitative estimate of drug-likeness (QED) is 0.401. The van der Waals surface area contributed by atoms with Crippen molar-refractivity contribution in [2.45, 2.75) is 12.8 Å². The Morgan fingerprint density at radius 3 is 1.12 bits per heavy atom. The van der Waals surface area contributed by atoms with E-state index >= 15 is 0 Å². The average molecular weight is 424 g/mol. The van der Waals surface area contributed by atoms with E-state index < -0.39 is 11.9 Å². The van der Waals surface area contributed by atoms with E-state index in [9.17, 15) is 9.59 Å². The highest BCUT2D eigenvalue weighted by molar-refractivity contribution is 5.90. The van der Waals surface area contributed by atoms with Crippen LogP contribution in [-0.4, -0.2) is 22.2 Å². The van der Waals surface area contributed by atoms with Crippen LogP contribution in [0, 0.1) is 0 Å². The van der Waals surface area contributed by atoms with E-state index in [1.54, 1.807) is 24.3 Å². The highest BCUT2D eigenvalue weighted by Crippen LogP contribution is 2.15. The zero-order valence-corrected chi connectivity index (χ0v) is 17.5.